The predicted octanol–water partition coefficient (Wildman–Crippen LogP) is -0.0151. The molecule has 0 spiro atoms. The lowest BCUT2D eigenvalue weighted by Crippen LogP contribution is -2.41. The molecule has 1 amide bonds. The summed E-state index contributed by atoms with van der Waals surface area (Å²) in [7, 11) is 1.24. The number of hydrogen-bond acceptors (Lipinski definition) is 4. The molecule has 0 saturated heterocycles. The fourth-order valence-corrected chi connectivity index (χ4v) is 2.71. The first-order valence-electron chi connectivity index (χ1n) is 6.29. The van der Waals surface area contributed by atoms with Gasteiger partial charge >= 0.3 is 0 Å². The van der Waals surface area contributed by atoms with E-state index in [9.17, 15) is 13.2 Å². The normalized spacial score (nSPS) is 11.6. The van der Waals surface area contributed by atoms with Crippen molar-refractivity contribution >= 4 is 15.9 Å². The van der Waals surface area contributed by atoms with Gasteiger partial charge in [0.25, 0.3) is 0 Å². The summed E-state index contributed by atoms with van der Waals surface area (Å²) in [6.07, 6.45) is 0. The van der Waals surface area contributed by atoms with E-state index in [1.54, 1.807) is 32.3 Å². The number of benzene rings is 1. The van der Waals surface area contributed by atoms with E-state index < -0.39 is 10.0 Å². The van der Waals surface area contributed by atoms with Crippen LogP contribution in [0.15, 0.2) is 35.2 Å². The molecule has 0 unspecified atom stereocenters. The van der Waals surface area contributed by atoms with Crippen molar-refractivity contribution in [1.29, 1.82) is 0 Å². The summed E-state index contributed by atoms with van der Waals surface area (Å²) in [6, 6.07) is 8.08. The zero-order chi connectivity index (χ0) is 15.2. The average Bonchev–Trinajstić information content (AvgIpc) is 2.45. The lowest BCUT2D eigenvalue weighted by Gasteiger charge is -2.21. The van der Waals surface area contributed by atoms with Crippen molar-refractivity contribution < 1.29 is 13.2 Å². The SMILES string of the molecule is CNCCN(C)C(=O)CN(C)S(=O)(=O)c1ccccc1. The Morgan fingerprint density at radius 1 is 1.20 bits per heavy atom. The van der Waals surface area contributed by atoms with Gasteiger partial charge in [-0.2, -0.15) is 4.31 Å². The smallest absolute Gasteiger partial charge is 0.243 e. The summed E-state index contributed by atoms with van der Waals surface area (Å²) in [6.45, 7) is 1.03. The zero-order valence-electron chi connectivity index (χ0n) is 12.0. The highest BCUT2D eigenvalue weighted by atomic mass is 32.2. The van der Waals surface area contributed by atoms with Gasteiger partial charge in [-0.15, -0.1) is 0 Å². The molecule has 112 valence electrons. The standard InChI is InChI=1S/C13H21N3O3S/c1-14-9-10-15(2)13(17)11-16(3)20(18,19)12-7-5-4-6-8-12/h4-8,14H,9-11H2,1-3H3. The molecule has 0 saturated carbocycles. The van der Waals surface area contributed by atoms with Crippen molar-refractivity contribution in [2.45, 2.75) is 4.90 Å². The van der Waals surface area contributed by atoms with Crippen LogP contribution in [0.25, 0.3) is 0 Å². The molecule has 1 rings (SSSR count). The van der Waals surface area contributed by atoms with E-state index in [0.717, 1.165) is 4.31 Å². The number of nitrogens with one attached hydrogen (secondary N) is 1. The van der Waals surface area contributed by atoms with Gasteiger partial charge in [0, 0.05) is 27.2 Å². The molecule has 0 radical (unpaired) electrons. The lowest BCUT2D eigenvalue weighted by molar-refractivity contribution is -0.129. The van der Waals surface area contributed by atoms with E-state index in [-0.39, 0.29) is 17.3 Å². The molecule has 0 atom stereocenters. The fraction of sp³-hybridized carbons (Fsp3) is 0.462. The van der Waals surface area contributed by atoms with E-state index in [0.29, 0.717) is 13.1 Å². The average molecular weight is 299 g/mol. The van der Waals surface area contributed by atoms with Crippen LogP contribution in [0.5, 0.6) is 0 Å². The summed E-state index contributed by atoms with van der Waals surface area (Å²) in [5.74, 6) is -0.234. The summed E-state index contributed by atoms with van der Waals surface area (Å²) < 4.78 is 25.6. The van der Waals surface area contributed by atoms with Gasteiger partial charge in [-0.3, -0.25) is 4.79 Å². The molecular formula is C13H21N3O3S. The van der Waals surface area contributed by atoms with Crippen molar-refractivity contribution in [2.75, 3.05) is 40.8 Å². The van der Waals surface area contributed by atoms with Crippen molar-refractivity contribution in [3.63, 3.8) is 0 Å². The molecule has 0 aliphatic carbocycles. The van der Waals surface area contributed by atoms with Gasteiger partial charge in [-0.05, 0) is 19.2 Å². The van der Waals surface area contributed by atoms with Gasteiger partial charge in [0.2, 0.25) is 15.9 Å². The highest BCUT2D eigenvalue weighted by Gasteiger charge is 2.23. The molecule has 20 heavy (non-hydrogen) atoms. The molecule has 7 heteroatoms. The van der Waals surface area contributed by atoms with Crippen LogP contribution in [-0.2, 0) is 14.8 Å². The van der Waals surface area contributed by atoms with E-state index >= 15 is 0 Å². The first kappa shape index (κ1) is 16.6. The maximum Gasteiger partial charge on any atom is 0.243 e. The number of carbonyl (C=O) groups is 1. The molecule has 0 aliphatic heterocycles. The number of likely N-dealkylation sites (N-methyl/N-ethyl adjacent to an activating group) is 3. The summed E-state index contributed by atoms with van der Waals surface area (Å²) in [5, 5.41) is 2.94. The van der Waals surface area contributed by atoms with Crippen molar-refractivity contribution in [2.24, 2.45) is 0 Å². The minimum atomic E-state index is -3.62. The molecule has 0 aliphatic rings. The maximum absolute atomic E-state index is 12.2. The molecule has 0 heterocycles. The summed E-state index contributed by atoms with van der Waals surface area (Å²) in [5.41, 5.74) is 0. The van der Waals surface area contributed by atoms with Crippen LogP contribution in [0.4, 0.5) is 0 Å². The third kappa shape index (κ3) is 4.29. The van der Waals surface area contributed by atoms with Gasteiger partial charge in [-0.1, -0.05) is 18.2 Å². The third-order valence-electron chi connectivity index (χ3n) is 2.93. The zero-order valence-corrected chi connectivity index (χ0v) is 12.9. The summed E-state index contributed by atoms with van der Waals surface area (Å²) >= 11 is 0. The highest BCUT2D eigenvalue weighted by molar-refractivity contribution is 7.89. The van der Waals surface area contributed by atoms with Crippen LogP contribution in [0.2, 0.25) is 0 Å². The van der Waals surface area contributed by atoms with E-state index in [2.05, 4.69) is 5.32 Å². The first-order chi connectivity index (χ1) is 9.39. The lowest BCUT2D eigenvalue weighted by atomic mass is 10.4. The Balaban J connectivity index is 2.71. The number of amides is 1. The van der Waals surface area contributed by atoms with Gasteiger partial charge < -0.3 is 10.2 Å². The molecule has 6 nitrogen and oxygen atoms in total. The number of nitrogens with zero attached hydrogens (tertiary/aromatic N) is 2. The number of hydrogen-bond donors (Lipinski definition) is 1. The minimum absolute atomic E-state index is 0.169. The van der Waals surface area contributed by atoms with Crippen LogP contribution >= 0.6 is 0 Å². The van der Waals surface area contributed by atoms with Crippen LogP contribution in [0.3, 0.4) is 0 Å². The Morgan fingerprint density at radius 2 is 1.80 bits per heavy atom. The quantitative estimate of drug-likeness (QED) is 0.768. The van der Waals surface area contributed by atoms with Crippen molar-refractivity contribution in [3.05, 3.63) is 30.3 Å². The number of rotatable bonds is 7. The molecule has 1 aromatic carbocycles. The topological polar surface area (TPSA) is 69.7 Å². The second-order valence-corrected chi connectivity index (χ2v) is 6.54. The van der Waals surface area contributed by atoms with Crippen LogP contribution in [0, 0.1) is 0 Å². The Morgan fingerprint density at radius 3 is 2.35 bits per heavy atom. The molecule has 1 N–H and O–H groups in total. The monoisotopic (exact) mass is 299 g/mol. The second-order valence-electron chi connectivity index (χ2n) is 4.49. The van der Waals surface area contributed by atoms with E-state index in [4.69, 9.17) is 0 Å². The highest BCUT2D eigenvalue weighted by Crippen LogP contribution is 2.13. The summed E-state index contributed by atoms with van der Waals surface area (Å²) in [4.78, 5) is 13.6. The number of carbonyl (C=O) groups excluding carboxylic acids is 1. The third-order valence-corrected chi connectivity index (χ3v) is 4.75. The van der Waals surface area contributed by atoms with Gasteiger partial charge in [-0.25, -0.2) is 8.42 Å². The van der Waals surface area contributed by atoms with E-state index in [1.165, 1.54) is 24.1 Å². The maximum atomic E-state index is 12.2. The largest absolute Gasteiger partial charge is 0.343 e. The molecule has 0 fully saturated rings. The molecule has 0 bridgehead atoms. The Hall–Kier alpha value is -1.44. The Labute approximate surface area is 120 Å². The predicted molar refractivity (Wildman–Crippen MR) is 77.8 cm³/mol. The number of sulfonamides is 1. The van der Waals surface area contributed by atoms with Gasteiger partial charge in [0.05, 0.1) is 11.4 Å². The van der Waals surface area contributed by atoms with Gasteiger partial charge in [0.1, 0.15) is 0 Å². The van der Waals surface area contributed by atoms with Crippen LogP contribution in [0.1, 0.15) is 0 Å². The van der Waals surface area contributed by atoms with Gasteiger partial charge in [0.15, 0.2) is 0 Å². The second kappa shape index (κ2) is 7.37. The first-order valence-corrected chi connectivity index (χ1v) is 7.73. The van der Waals surface area contributed by atoms with Crippen molar-refractivity contribution in [3.8, 4) is 0 Å². The molecule has 0 aromatic heterocycles. The Bertz CT molecular complexity index is 531. The van der Waals surface area contributed by atoms with Crippen molar-refractivity contribution in [1.82, 2.24) is 14.5 Å². The minimum Gasteiger partial charge on any atom is -0.343 e. The fourth-order valence-electron chi connectivity index (χ4n) is 1.57. The molecule has 1 aromatic rings. The Kier molecular flexibility index (Phi) is 6.12. The van der Waals surface area contributed by atoms with E-state index in [1.807, 2.05) is 0 Å². The van der Waals surface area contributed by atoms with Crippen LogP contribution < -0.4 is 5.32 Å². The molecular weight excluding hydrogens is 278 g/mol. The van der Waals surface area contributed by atoms with Crippen LogP contribution in [-0.4, -0.2) is 64.3 Å².